The number of phenolic OH excluding ortho intramolecular Hbond substituents is 1. The van der Waals surface area contributed by atoms with Crippen molar-refractivity contribution >= 4 is 22.3 Å². The lowest BCUT2D eigenvalue weighted by Gasteiger charge is -2.09. The number of anilines is 2. The van der Waals surface area contributed by atoms with E-state index in [0.717, 1.165) is 22.2 Å². The predicted molar refractivity (Wildman–Crippen MR) is 75.7 cm³/mol. The smallest absolute Gasteiger partial charge is 0.160 e. The molecule has 3 rings (SSSR count). The van der Waals surface area contributed by atoms with Crippen LogP contribution >= 0.6 is 0 Å². The highest BCUT2D eigenvalue weighted by atomic mass is 16.3. The molecule has 0 bridgehead atoms. The maximum absolute atomic E-state index is 9.47. The van der Waals surface area contributed by atoms with Crippen molar-refractivity contribution in [3.05, 3.63) is 54.2 Å². The minimum atomic E-state index is 0.217. The van der Waals surface area contributed by atoms with E-state index in [9.17, 15) is 5.11 Å². The van der Waals surface area contributed by atoms with Crippen LogP contribution in [0.5, 0.6) is 5.75 Å². The zero-order valence-electron chi connectivity index (χ0n) is 10.5. The topological polar surface area (TPSA) is 58.0 Å². The minimum Gasteiger partial charge on any atom is -0.508 e. The molecule has 1 aromatic heterocycles. The molecule has 19 heavy (non-hydrogen) atoms. The lowest BCUT2D eigenvalue weighted by molar-refractivity contribution is 0.475. The fraction of sp³-hybridized carbons (Fsp3) is 0.0667. The van der Waals surface area contributed by atoms with Crippen LogP contribution in [0.15, 0.2) is 48.5 Å². The zero-order chi connectivity index (χ0) is 13.2. The molecule has 0 aliphatic carbocycles. The average molecular weight is 251 g/mol. The maximum Gasteiger partial charge on any atom is 0.160 e. The molecule has 3 aromatic rings. The molecule has 1 heterocycles. The first kappa shape index (κ1) is 11.5. The Kier molecular flexibility index (Phi) is 2.76. The third-order valence-electron chi connectivity index (χ3n) is 2.98. The van der Waals surface area contributed by atoms with Crippen LogP contribution in [-0.4, -0.2) is 15.3 Å². The Bertz CT molecular complexity index is 740. The molecule has 2 aromatic carbocycles. The van der Waals surface area contributed by atoms with Crippen LogP contribution in [0.2, 0.25) is 0 Å². The first-order valence-corrected chi connectivity index (χ1v) is 6.02. The number of hydrogen-bond donors (Lipinski definition) is 2. The van der Waals surface area contributed by atoms with E-state index in [1.807, 2.05) is 37.3 Å². The van der Waals surface area contributed by atoms with Crippen LogP contribution in [0, 0.1) is 6.92 Å². The summed E-state index contributed by atoms with van der Waals surface area (Å²) in [5.74, 6) is 0.904. The normalized spacial score (nSPS) is 10.6. The number of hydrogen-bond acceptors (Lipinski definition) is 4. The monoisotopic (exact) mass is 251 g/mol. The number of rotatable bonds is 2. The first-order chi connectivity index (χ1) is 9.24. The van der Waals surface area contributed by atoms with Crippen LogP contribution < -0.4 is 5.32 Å². The van der Waals surface area contributed by atoms with Crippen LogP contribution in [-0.2, 0) is 0 Å². The molecule has 0 saturated carbocycles. The number of aromatic hydroxyl groups is 1. The van der Waals surface area contributed by atoms with E-state index in [1.54, 1.807) is 18.2 Å². The van der Waals surface area contributed by atoms with Crippen LogP contribution in [0.25, 0.3) is 10.8 Å². The summed E-state index contributed by atoms with van der Waals surface area (Å²) >= 11 is 0. The highest BCUT2D eigenvalue weighted by Crippen LogP contribution is 2.26. The molecule has 0 unspecified atom stereocenters. The van der Waals surface area contributed by atoms with Gasteiger partial charge in [0.1, 0.15) is 5.75 Å². The van der Waals surface area contributed by atoms with Crippen molar-refractivity contribution in [2.75, 3.05) is 5.32 Å². The van der Waals surface area contributed by atoms with E-state index in [0.29, 0.717) is 5.82 Å². The summed E-state index contributed by atoms with van der Waals surface area (Å²) in [6.45, 7) is 1.94. The van der Waals surface area contributed by atoms with Gasteiger partial charge in [-0.25, -0.2) is 0 Å². The molecule has 4 nitrogen and oxygen atoms in total. The molecule has 0 atom stereocenters. The fourth-order valence-corrected chi connectivity index (χ4v) is 2.05. The number of benzene rings is 2. The molecule has 0 fully saturated rings. The standard InChI is InChI=1S/C15H13N3O/c1-10-13-7-2-3-8-14(13)15(18-17-10)16-11-5-4-6-12(19)9-11/h2-9,19H,1H3,(H,16,18). The molecular weight excluding hydrogens is 238 g/mol. The van der Waals surface area contributed by atoms with Gasteiger partial charge < -0.3 is 10.4 Å². The van der Waals surface area contributed by atoms with Gasteiger partial charge in [0.2, 0.25) is 0 Å². The molecule has 0 radical (unpaired) electrons. The number of nitrogens with one attached hydrogen (secondary N) is 1. The summed E-state index contributed by atoms with van der Waals surface area (Å²) in [5.41, 5.74) is 1.68. The summed E-state index contributed by atoms with van der Waals surface area (Å²) in [4.78, 5) is 0. The van der Waals surface area contributed by atoms with Crippen molar-refractivity contribution in [1.82, 2.24) is 10.2 Å². The van der Waals surface area contributed by atoms with Gasteiger partial charge in [-0.2, -0.15) is 5.10 Å². The molecular formula is C15H13N3O. The van der Waals surface area contributed by atoms with E-state index in [2.05, 4.69) is 15.5 Å². The first-order valence-electron chi connectivity index (χ1n) is 6.02. The van der Waals surface area contributed by atoms with Gasteiger partial charge in [-0.15, -0.1) is 5.10 Å². The van der Waals surface area contributed by atoms with Crippen molar-refractivity contribution in [3.8, 4) is 5.75 Å². The highest BCUT2D eigenvalue weighted by molar-refractivity contribution is 5.94. The largest absolute Gasteiger partial charge is 0.508 e. The van der Waals surface area contributed by atoms with E-state index in [-0.39, 0.29) is 5.75 Å². The van der Waals surface area contributed by atoms with Gasteiger partial charge in [0.15, 0.2) is 5.82 Å². The second kappa shape index (κ2) is 4.57. The van der Waals surface area contributed by atoms with Crippen molar-refractivity contribution < 1.29 is 5.11 Å². The van der Waals surface area contributed by atoms with Crippen LogP contribution in [0.4, 0.5) is 11.5 Å². The number of aryl methyl sites for hydroxylation is 1. The third kappa shape index (κ3) is 2.20. The minimum absolute atomic E-state index is 0.217. The van der Waals surface area contributed by atoms with E-state index in [4.69, 9.17) is 0 Å². The summed E-state index contributed by atoms with van der Waals surface area (Å²) in [6.07, 6.45) is 0. The fourth-order valence-electron chi connectivity index (χ4n) is 2.05. The van der Waals surface area contributed by atoms with Gasteiger partial charge in [-0.05, 0) is 19.1 Å². The van der Waals surface area contributed by atoms with Crippen molar-refractivity contribution in [1.29, 1.82) is 0 Å². The number of phenols is 1. The Morgan fingerprint density at radius 1 is 0.947 bits per heavy atom. The van der Waals surface area contributed by atoms with Gasteiger partial charge in [-0.1, -0.05) is 30.3 Å². The maximum atomic E-state index is 9.47. The number of aromatic nitrogens is 2. The summed E-state index contributed by atoms with van der Waals surface area (Å²) in [5, 5.41) is 23.1. The Morgan fingerprint density at radius 2 is 1.74 bits per heavy atom. The van der Waals surface area contributed by atoms with E-state index in [1.165, 1.54) is 0 Å². The molecule has 0 aliphatic rings. The average Bonchev–Trinajstić information content (AvgIpc) is 2.42. The van der Waals surface area contributed by atoms with E-state index < -0.39 is 0 Å². The number of fused-ring (bicyclic) bond motifs is 1. The van der Waals surface area contributed by atoms with Crippen molar-refractivity contribution in [3.63, 3.8) is 0 Å². The second-order valence-corrected chi connectivity index (χ2v) is 4.35. The third-order valence-corrected chi connectivity index (χ3v) is 2.98. The van der Waals surface area contributed by atoms with Gasteiger partial charge in [0.05, 0.1) is 5.69 Å². The molecule has 0 saturated heterocycles. The van der Waals surface area contributed by atoms with Gasteiger partial charge in [0.25, 0.3) is 0 Å². The lowest BCUT2D eigenvalue weighted by atomic mass is 10.1. The highest BCUT2D eigenvalue weighted by Gasteiger charge is 2.06. The zero-order valence-corrected chi connectivity index (χ0v) is 10.5. The van der Waals surface area contributed by atoms with Crippen molar-refractivity contribution in [2.45, 2.75) is 6.92 Å². The van der Waals surface area contributed by atoms with Crippen molar-refractivity contribution in [2.24, 2.45) is 0 Å². The molecule has 0 aliphatic heterocycles. The molecule has 2 N–H and O–H groups in total. The Balaban J connectivity index is 2.09. The van der Waals surface area contributed by atoms with Crippen LogP contribution in [0.1, 0.15) is 5.69 Å². The van der Waals surface area contributed by atoms with Gasteiger partial charge in [-0.3, -0.25) is 0 Å². The predicted octanol–water partition coefficient (Wildman–Crippen LogP) is 3.39. The van der Waals surface area contributed by atoms with E-state index >= 15 is 0 Å². The van der Waals surface area contributed by atoms with Gasteiger partial charge >= 0.3 is 0 Å². The molecule has 94 valence electrons. The Morgan fingerprint density at radius 3 is 2.53 bits per heavy atom. The summed E-state index contributed by atoms with van der Waals surface area (Å²) in [7, 11) is 0. The SMILES string of the molecule is Cc1nnc(Nc2cccc(O)c2)c2ccccc12. The quantitative estimate of drug-likeness (QED) is 0.733. The molecule has 0 amide bonds. The second-order valence-electron chi connectivity index (χ2n) is 4.35. The Labute approximate surface area is 110 Å². The van der Waals surface area contributed by atoms with Crippen LogP contribution in [0.3, 0.4) is 0 Å². The molecule has 4 heteroatoms. The van der Waals surface area contributed by atoms with Gasteiger partial charge in [0, 0.05) is 22.5 Å². The molecule has 0 spiro atoms. The summed E-state index contributed by atoms with van der Waals surface area (Å²) < 4.78 is 0. The lowest BCUT2D eigenvalue weighted by Crippen LogP contribution is -1.98. The Hall–Kier alpha value is -2.62. The number of nitrogens with zero attached hydrogens (tertiary/aromatic N) is 2. The summed E-state index contributed by atoms with van der Waals surface area (Å²) in [6, 6.07) is 14.9.